The van der Waals surface area contributed by atoms with E-state index in [0.29, 0.717) is 24.3 Å². The van der Waals surface area contributed by atoms with Crippen molar-refractivity contribution in [1.29, 1.82) is 0 Å². The first kappa shape index (κ1) is 13.3. The van der Waals surface area contributed by atoms with E-state index in [-0.39, 0.29) is 5.25 Å². The molecule has 1 saturated heterocycles. The lowest BCUT2D eigenvalue weighted by Gasteiger charge is -2.35. The lowest BCUT2D eigenvalue weighted by atomic mass is 9.78. The number of hydrogen-bond acceptors (Lipinski definition) is 3. The Morgan fingerprint density at radius 3 is 2.53 bits per heavy atom. The van der Waals surface area contributed by atoms with Gasteiger partial charge in [0.05, 0.1) is 11.0 Å². The van der Waals surface area contributed by atoms with E-state index in [1.807, 2.05) is 0 Å². The van der Waals surface area contributed by atoms with Crippen LogP contribution in [-0.2, 0) is 9.84 Å². The topological polar surface area (TPSA) is 46.2 Å². The van der Waals surface area contributed by atoms with E-state index in [4.69, 9.17) is 0 Å². The van der Waals surface area contributed by atoms with Gasteiger partial charge >= 0.3 is 0 Å². The van der Waals surface area contributed by atoms with E-state index in [1.54, 1.807) is 0 Å². The SMILES string of the molecule is CC1CCCC(NCC2CCCS2(=O)=O)C1C. The molecule has 1 aliphatic carbocycles. The quantitative estimate of drug-likeness (QED) is 0.843. The zero-order chi connectivity index (χ0) is 12.5. The van der Waals surface area contributed by atoms with Crippen molar-refractivity contribution in [2.24, 2.45) is 11.8 Å². The Morgan fingerprint density at radius 2 is 1.88 bits per heavy atom. The van der Waals surface area contributed by atoms with Gasteiger partial charge in [-0.05, 0) is 31.1 Å². The van der Waals surface area contributed by atoms with Crippen LogP contribution >= 0.6 is 0 Å². The van der Waals surface area contributed by atoms with Crippen molar-refractivity contribution in [3.8, 4) is 0 Å². The smallest absolute Gasteiger partial charge is 0.154 e. The van der Waals surface area contributed by atoms with Gasteiger partial charge in [-0.2, -0.15) is 0 Å². The highest BCUT2D eigenvalue weighted by atomic mass is 32.2. The van der Waals surface area contributed by atoms with Gasteiger partial charge < -0.3 is 5.32 Å². The van der Waals surface area contributed by atoms with E-state index >= 15 is 0 Å². The lowest BCUT2D eigenvalue weighted by Crippen LogP contribution is -2.44. The van der Waals surface area contributed by atoms with Gasteiger partial charge in [0.15, 0.2) is 9.84 Å². The number of rotatable bonds is 3. The molecule has 0 spiro atoms. The van der Waals surface area contributed by atoms with Crippen molar-refractivity contribution < 1.29 is 8.42 Å². The summed E-state index contributed by atoms with van der Waals surface area (Å²) < 4.78 is 23.5. The maximum absolute atomic E-state index is 11.7. The van der Waals surface area contributed by atoms with Gasteiger partial charge in [0, 0.05) is 12.6 Å². The Kier molecular flexibility index (Phi) is 4.14. The summed E-state index contributed by atoms with van der Waals surface area (Å²) in [6, 6.07) is 0.523. The van der Waals surface area contributed by atoms with E-state index in [9.17, 15) is 8.42 Å². The molecular formula is C13H25NO2S. The summed E-state index contributed by atoms with van der Waals surface area (Å²) in [5.41, 5.74) is 0. The van der Waals surface area contributed by atoms with Crippen LogP contribution in [0.1, 0.15) is 46.0 Å². The summed E-state index contributed by atoms with van der Waals surface area (Å²) in [5, 5.41) is 3.40. The summed E-state index contributed by atoms with van der Waals surface area (Å²) in [5.74, 6) is 1.84. The monoisotopic (exact) mass is 259 g/mol. The van der Waals surface area contributed by atoms with Crippen molar-refractivity contribution in [3.63, 3.8) is 0 Å². The molecule has 0 aromatic carbocycles. The van der Waals surface area contributed by atoms with Crippen LogP contribution in [0.3, 0.4) is 0 Å². The molecule has 4 heteroatoms. The predicted octanol–water partition coefficient (Wildman–Crippen LogP) is 1.98. The third-order valence-electron chi connectivity index (χ3n) is 4.78. The second kappa shape index (κ2) is 5.27. The molecule has 1 aliphatic heterocycles. The van der Waals surface area contributed by atoms with Crippen LogP contribution in [0.2, 0.25) is 0 Å². The summed E-state index contributed by atoms with van der Waals surface area (Å²) in [4.78, 5) is 0. The van der Waals surface area contributed by atoms with Crippen LogP contribution in [-0.4, -0.2) is 32.0 Å². The normalized spacial score (nSPS) is 41.5. The highest BCUT2D eigenvalue weighted by Gasteiger charge is 2.33. The van der Waals surface area contributed by atoms with Gasteiger partial charge in [0.25, 0.3) is 0 Å². The van der Waals surface area contributed by atoms with Gasteiger partial charge in [0.2, 0.25) is 0 Å². The highest BCUT2D eigenvalue weighted by Crippen LogP contribution is 2.30. The second-order valence-corrected chi connectivity index (χ2v) is 8.31. The Hall–Kier alpha value is -0.0900. The molecule has 0 aromatic rings. The van der Waals surface area contributed by atoms with Gasteiger partial charge in [-0.1, -0.05) is 26.7 Å². The molecule has 4 atom stereocenters. The molecule has 1 N–H and O–H groups in total. The molecule has 2 rings (SSSR count). The fraction of sp³-hybridized carbons (Fsp3) is 1.00. The molecule has 3 nitrogen and oxygen atoms in total. The van der Waals surface area contributed by atoms with Crippen LogP contribution in [0.5, 0.6) is 0 Å². The minimum Gasteiger partial charge on any atom is -0.312 e. The Bertz CT molecular complexity index is 352. The van der Waals surface area contributed by atoms with Crippen molar-refractivity contribution >= 4 is 9.84 Å². The van der Waals surface area contributed by atoms with Crippen LogP contribution < -0.4 is 5.32 Å². The zero-order valence-electron chi connectivity index (χ0n) is 11.0. The van der Waals surface area contributed by atoms with E-state index in [1.165, 1.54) is 19.3 Å². The zero-order valence-corrected chi connectivity index (χ0v) is 11.8. The minimum atomic E-state index is -2.78. The average molecular weight is 259 g/mol. The molecule has 4 unspecified atom stereocenters. The Morgan fingerprint density at radius 1 is 1.12 bits per heavy atom. The van der Waals surface area contributed by atoms with Crippen LogP contribution in [0.4, 0.5) is 0 Å². The Balaban J connectivity index is 1.85. The first-order valence-corrected chi connectivity index (χ1v) is 8.67. The highest BCUT2D eigenvalue weighted by molar-refractivity contribution is 7.92. The first-order chi connectivity index (χ1) is 8.00. The number of hydrogen-bond donors (Lipinski definition) is 1. The lowest BCUT2D eigenvalue weighted by molar-refractivity contribution is 0.207. The van der Waals surface area contributed by atoms with E-state index < -0.39 is 9.84 Å². The molecule has 0 aromatic heterocycles. The van der Waals surface area contributed by atoms with Crippen LogP contribution in [0.25, 0.3) is 0 Å². The summed E-state index contributed by atoms with van der Waals surface area (Å²) in [6.07, 6.45) is 5.51. The molecule has 1 heterocycles. The van der Waals surface area contributed by atoms with Crippen molar-refractivity contribution in [3.05, 3.63) is 0 Å². The van der Waals surface area contributed by atoms with Crippen molar-refractivity contribution in [2.45, 2.75) is 57.2 Å². The Labute approximate surface area is 105 Å². The standard InChI is InChI=1S/C13H25NO2S/c1-10-5-3-7-13(11(10)2)14-9-12-6-4-8-17(12,15)16/h10-14H,3-9H2,1-2H3. The summed E-state index contributed by atoms with van der Waals surface area (Å²) >= 11 is 0. The molecule has 0 radical (unpaired) electrons. The third-order valence-corrected chi connectivity index (χ3v) is 7.05. The maximum Gasteiger partial charge on any atom is 0.154 e. The fourth-order valence-electron chi connectivity index (χ4n) is 3.24. The summed E-state index contributed by atoms with van der Waals surface area (Å²) in [7, 11) is -2.78. The molecule has 100 valence electrons. The number of sulfone groups is 1. The number of nitrogens with one attached hydrogen (secondary N) is 1. The molecule has 2 fully saturated rings. The van der Waals surface area contributed by atoms with Gasteiger partial charge in [0.1, 0.15) is 0 Å². The molecule has 17 heavy (non-hydrogen) atoms. The average Bonchev–Trinajstić information content (AvgIpc) is 2.60. The van der Waals surface area contributed by atoms with Crippen molar-refractivity contribution in [2.75, 3.05) is 12.3 Å². The van der Waals surface area contributed by atoms with Crippen LogP contribution in [0.15, 0.2) is 0 Å². The largest absolute Gasteiger partial charge is 0.312 e. The third kappa shape index (κ3) is 3.02. The molecule has 0 bridgehead atoms. The van der Waals surface area contributed by atoms with Gasteiger partial charge in [-0.15, -0.1) is 0 Å². The van der Waals surface area contributed by atoms with Crippen molar-refractivity contribution in [1.82, 2.24) is 5.32 Å². The minimum absolute atomic E-state index is 0.119. The van der Waals surface area contributed by atoms with Gasteiger partial charge in [-0.3, -0.25) is 0 Å². The second-order valence-electron chi connectivity index (χ2n) is 5.91. The van der Waals surface area contributed by atoms with Gasteiger partial charge in [-0.25, -0.2) is 8.42 Å². The molecule has 0 amide bonds. The maximum atomic E-state index is 11.7. The molecular weight excluding hydrogens is 234 g/mol. The van der Waals surface area contributed by atoms with E-state index in [2.05, 4.69) is 19.2 Å². The first-order valence-electron chi connectivity index (χ1n) is 6.95. The molecule has 2 aliphatic rings. The van der Waals surface area contributed by atoms with Crippen LogP contribution in [0, 0.1) is 11.8 Å². The summed E-state index contributed by atoms with van der Waals surface area (Å²) in [6.45, 7) is 5.28. The predicted molar refractivity (Wildman–Crippen MR) is 70.8 cm³/mol. The molecule has 1 saturated carbocycles. The van der Waals surface area contributed by atoms with E-state index in [0.717, 1.165) is 18.8 Å². The fourth-order valence-corrected chi connectivity index (χ4v) is 5.02.